The summed E-state index contributed by atoms with van der Waals surface area (Å²) >= 11 is 5.35. The molecule has 14 heavy (non-hydrogen) atoms. The van der Waals surface area contributed by atoms with Gasteiger partial charge in [0.05, 0.1) is 5.02 Å². The van der Waals surface area contributed by atoms with Crippen LogP contribution >= 0.6 is 34.2 Å². The minimum Gasteiger partial charge on any atom is -0.755 e. The van der Waals surface area contributed by atoms with Crippen LogP contribution in [0.1, 0.15) is 5.56 Å². The van der Waals surface area contributed by atoms with E-state index in [1.54, 1.807) is 0 Å². The van der Waals surface area contributed by atoms with Crippen molar-refractivity contribution < 1.29 is 13.9 Å². The molecule has 4 nitrogen and oxygen atoms in total. The molecule has 0 aliphatic rings. The SMILES string of the molecule is O=S([O-])Nc1cc(Cl)c(O)c(CI)c1. The van der Waals surface area contributed by atoms with E-state index in [2.05, 4.69) is 4.72 Å². The van der Waals surface area contributed by atoms with E-state index < -0.39 is 11.3 Å². The van der Waals surface area contributed by atoms with Crippen molar-refractivity contribution in [2.24, 2.45) is 0 Å². The number of anilines is 1. The van der Waals surface area contributed by atoms with E-state index in [4.69, 9.17) is 11.6 Å². The molecule has 0 saturated heterocycles. The van der Waals surface area contributed by atoms with Crippen LogP contribution in [0.4, 0.5) is 5.69 Å². The van der Waals surface area contributed by atoms with Gasteiger partial charge in [0.1, 0.15) is 5.75 Å². The standard InChI is InChI=1S/C7H7ClINO3S/c8-6-2-5(10-14(12)13)1-4(3-9)7(6)11/h1-2,10-11H,3H2,(H,12,13)/p-1. The molecule has 0 aromatic heterocycles. The summed E-state index contributed by atoms with van der Waals surface area (Å²) in [4.78, 5) is 0. The molecule has 0 spiro atoms. The summed E-state index contributed by atoms with van der Waals surface area (Å²) in [7, 11) is 0. The molecule has 0 aliphatic carbocycles. The molecule has 1 unspecified atom stereocenters. The molecular weight excluding hydrogens is 341 g/mol. The van der Waals surface area contributed by atoms with Crippen molar-refractivity contribution in [3.05, 3.63) is 22.7 Å². The van der Waals surface area contributed by atoms with Gasteiger partial charge >= 0.3 is 0 Å². The maximum atomic E-state index is 10.3. The largest absolute Gasteiger partial charge is 0.755 e. The van der Waals surface area contributed by atoms with E-state index in [0.29, 0.717) is 15.7 Å². The predicted octanol–water partition coefficient (Wildman–Crippen LogP) is 2.19. The van der Waals surface area contributed by atoms with Gasteiger partial charge in [0.25, 0.3) is 0 Å². The number of hydrogen-bond donors (Lipinski definition) is 2. The van der Waals surface area contributed by atoms with Crippen molar-refractivity contribution >= 4 is 51.1 Å². The molecule has 0 aliphatic heterocycles. The first-order chi connectivity index (χ1) is 6.54. The normalized spacial score (nSPS) is 12.5. The number of alkyl halides is 1. The quantitative estimate of drug-likeness (QED) is 0.381. The van der Waals surface area contributed by atoms with Gasteiger partial charge in [-0.3, -0.25) is 4.21 Å². The van der Waals surface area contributed by atoms with Crippen molar-refractivity contribution in [2.45, 2.75) is 4.43 Å². The van der Waals surface area contributed by atoms with Gasteiger partial charge in [0.15, 0.2) is 0 Å². The van der Waals surface area contributed by atoms with Gasteiger partial charge in [-0.1, -0.05) is 34.2 Å². The smallest absolute Gasteiger partial charge is 0.138 e. The molecule has 1 rings (SSSR count). The maximum absolute atomic E-state index is 10.3. The third-order valence-electron chi connectivity index (χ3n) is 1.49. The van der Waals surface area contributed by atoms with Crippen LogP contribution in [0.2, 0.25) is 5.02 Å². The van der Waals surface area contributed by atoms with E-state index >= 15 is 0 Å². The van der Waals surface area contributed by atoms with Gasteiger partial charge in [-0.25, -0.2) is 0 Å². The molecule has 78 valence electrons. The number of halogens is 2. The molecule has 0 radical (unpaired) electrons. The highest BCUT2D eigenvalue weighted by molar-refractivity contribution is 14.1. The van der Waals surface area contributed by atoms with Crippen molar-refractivity contribution in [3.63, 3.8) is 0 Å². The van der Waals surface area contributed by atoms with Crippen molar-refractivity contribution in [3.8, 4) is 5.75 Å². The second-order valence-electron chi connectivity index (χ2n) is 2.44. The fourth-order valence-corrected chi connectivity index (χ4v) is 2.04. The number of phenols is 1. The monoisotopic (exact) mass is 346 g/mol. The zero-order valence-corrected chi connectivity index (χ0v) is 10.5. The van der Waals surface area contributed by atoms with Crippen LogP contribution in [-0.4, -0.2) is 13.9 Å². The van der Waals surface area contributed by atoms with E-state index in [1.165, 1.54) is 12.1 Å². The molecular formula is C7H6ClINO3S-. The minimum absolute atomic E-state index is 0.0108. The van der Waals surface area contributed by atoms with Crippen LogP contribution in [0.25, 0.3) is 0 Å². The third kappa shape index (κ3) is 2.97. The van der Waals surface area contributed by atoms with Crippen LogP contribution in [0.5, 0.6) is 5.75 Å². The second-order valence-corrected chi connectivity index (χ2v) is 4.28. The molecule has 0 amide bonds. The van der Waals surface area contributed by atoms with Gasteiger partial charge in [-0.15, -0.1) is 0 Å². The number of rotatable bonds is 3. The zero-order chi connectivity index (χ0) is 10.7. The number of benzene rings is 1. The van der Waals surface area contributed by atoms with E-state index in [1.807, 2.05) is 22.6 Å². The van der Waals surface area contributed by atoms with Crippen LogP contribution in [-0.2, 0) is 15.7 Å². The Balaban J connectivity index is 3.09. The lowest BCUT2D eigenvalue weighted by molar-refractivity contribution is 0.471. The molecule has 2 N–H and O–H groups in total. The Labute approximate surface area is 102 Å². The number of hydrogen-bond acceptors (Lipinski definition) is 3. The average Bonchev–Trinajstić information content (AvgIpc) is 2.10. The minimum atomic E-state index is -2.38. The van der Waals surface area contributed by atoms with Crippen molar-refractivity contribution in [1.29, 1.82) is 0 Å². The number of nitrogens with one attached hydrogen (secondary N) is 1. The fourth-order valence-electron chi connectivity index (χ4n) is 0.913. The maximum Gasteiger partial charge on any atom is 0.138 e. The number of phenolic OH excluding ortho intramolecular Hbond substituents is 1. The molecule has 1 aromatic carbocycles. The summed E-state index contributed by atoms with van der Waals surface area (Å²) in [5.74, 6) is -0.0108. The first-order valence-electron chi connectivity index (χ1n) is 3.48. The number of aromatic hydroxyl groups is 1. The summed E-state index contributed by atoms with van der Waals surface area (Å²) in [6.45, 7) is 0. The van der Waals surface area contributed by atoms with E-state index in [-0.39, 0.29) is 10.8 Å². The first-order valence-corrected chi connectivity index (χ1v) is 6.45. The molecule has 0 heterocycles. The topological polar surface area (TPSA) is 72.4 Å². The summed E-state index contributed by atoms with van der Waals surface area (Å²) in [5, 5.41) is 9.57. The van der Waals surface area contributed by atoms with Gasteiger partial charge < -0.3 is 14.4 Å². The lowest BCUT2D eigenvalue weighted by Gasteiger charge is -2.11. The molecule has 1 atom stereocenters. The van der Waals surface area contributed by atoms with Crippen LogP contribution in [0.3, 0.4) is 0 Å². The van der Waals surface area contributed by atoms with E-state index in [9.17, 15) is 13.9 Å². The lowest BCUT2D eigenvalue weighted by atomic mass is 10.2. The zero-order valence-electron chi connectivity index (χ0n) is 6.79. The lowest BCUT2D eigenvalue weighted by Crippen LogP contribution is -2.02. The Kier molecular flexibility index (Phi) is 4.42. The fraction of sp³-hybridized carbons (Fsp3) is 0.143. The Morgan fingerprint density at radius 1 is 1.64 bits per heavy atom. The predicted molar refractivity (Wildman–Crippen MR) is 63.4 cm³/mol. The summed E-state index contributed by atoms with van der Waals surface area (Å²) in [6.07, 6.45) is 0. The van der Waals surface area contributed by atoms with Gasteiger partial charge in [0, 0.05) is 26.9 Å². The summed E-state index contributed by atoms with van der Waals surface area (Å²) in [5.41, 5.74) is 0.929. The summed E-state index contributed by atoms with van der Waals surface area (Å²) < 4.78 is 23.4. The Bertz CT molecular complexity index is 374. The summed E-state index contributed by atoms with van der Waals surface area (Å²) in [6, 6.07) is 2.88. The highest BCUT2D eigenvalue weighted by Gasteiger charge is 2.07. The van der Waals surface area contributed by atoms with Crippen LogP contribution in [0, 0.1) is 0 Å². The van der Waals surface area contributed by atoms with Gasteiger partial charge in [-0.2, -0.15) is 0 Å². The molecule has 1 aromatic rings. The second kappa shape index (κ2) is 5.15. The van der Waals surface area contributed by atoms with Crippen molar-refractivity contribution in [1.82, 2.24) is 0 Å². The Morgan fingerprint density at radius 2 is 2.29 bits per heavy atom. The highest BCUT2D eigenvalue weighted by Crippen LogP contribution is 2.32. The first kappa shape index (κ1) is 12.0. The molecule has 0 fully saturated rings. The average molecular weight is 347 g/mol. The highest BCUT2D eigenvalue weighted by atomic mass is 127. The van der Waals surface area contributed by atoms with Gasteiger partial charge in [0.2, 0.25) is 0 Å². The molecule has 0 saturated carbocycles. The molecule has 0 bridgehead atoms. The van der Waals surface area contributed by atoms with Crippen LogP contribution in [0.15, 0.2) is 12.1 Å². The Morgan fingerprint density at radius 3 is 2.79 bits per heavy atom. The van der Waals surface area contributed by atoms with Crippen molar-refractivity contribution in [2.75, 3.05) is 4.72 Å². The molecule has 7 heteroatoms. The Hall–Kier alpha value is -0.0500. The van der Waals surface area contributed by atoms with Crippen LogP contribution < -0.4 is 4.72 Å². The third-order valence-corrected chi connectivity index (χ3v) is 3.00. The van der Waals surface area contributed by atoms with Gasteiger partial charge in [-0.05, 0) is 12.1 Å². The van der Waals surface area contributed by atoms with E-state index in [0.717, 1.165) is 0 Å².